The maximum atomic E-state index is 10.7. The smallest absolute Gasteiger partial charge is 0.306 e. The fraction of sp³-hybridized carbons (Fsp3) is 0.571. The monoisotopic (exact) mass is 156 g/mol. The summed E-state index contributed by atoms with van der Waals surface area (Å²) in [5, 5.41) is 8.48. The van der Waals surface area contributed by atoms with Gasteiger partial charge in [-0.1, -0.05) is 0 Å². The van der Waals surface area contributed by atoms with Crippen molar-refractivity contribution in [1.29, 1.82) is 0 Å². The molecule has 0 aromatic heterocycles. The Bertz CT molecular complexity index is 218. The van der Waals surface area contributed by atoms with Crippen LogP contribution in [-0.4, -0.2) is 22.6 Å². The number of carboxylic acid groups (broad SMARTS) is 1. The Morgan fingerprint density at radius 2 is 2.00 bits per heavy atom. The molecule has 11 heavy (non-hydrogen) atoms. The van der Waals surface area contributed by atoms with E-state index in [-0.39, 0.29) is 12.8 Å². The zero-order chi connectivity index (χ0) is 8.43. The summed E-state index contributed by atoms with van der Waals surface area (Å²) in [5.74, 6) is -2.59. The average Bonchev–Trinajstić information content (AvgIpc) is 1.94. The van der Waals surface area contributed by atoms with Crippen molar-refractivity contribution in [3.05, 3.63) is 0 Å². The largest absolute Gasteiger partial charge is 0.481 e. The number of aliphatic carboxylic acids is 1. The van der Waals surface area contributed by atoms with Gasteiger partial charge in [-0.15, -0.1) is 0 Å². The Morgan fingerprint density at radius 1 is 1.36 bits per heavy atom. The Labute approximate surface area is 63.2 Å². The first-order valence-electron chi connectivity index (χ1n) is 3.40. The summed E-state index contributed by atoms with van der Waals surface area (Å²) >= 11 is 0. The normalized spacial score (nSPS) is 25.3. The van der Waals surface area contributed by atoms with Gasteiger partial charge in [0.05, 0.1) is 5.92 Å². The van der Waals surface area contributed by atoms with Crippen LogP contribution in [-0.2, 0) is 14.4 Å². The highest BCUT2D eigenvalue weighted by molar-refractivity contribution is 6.38. The van der Waals surface area contributed by atoms with Gasteiger partial charge in [-0.25, -0.2) is 0 Å². The van der Waals surface area contributed by atoms with Crippen molar-refractivity contribution in [2.75, 3.05) is 0 Å². The molecule has 0 amide bonds. The Balaban J connectivity index is 2.60. The molecule has 1 unspecified atom stereocenters. The van der Waals surface area contributed by atoms with Crippen LogP contribution in [0.5, 0.6) is 0 Å². The number of Topliss-reactive ketones (excluding diaryl/α,β-unsaturated/α-hetero) is 2. The van der Waals surface area contributed by atoms with Gasteiger partial charge in [-0.05, 0) is 6.42 Å². The predicted octanol–water partition coefficient (Wildman–Crippen LogP) is 0.00930. The molecule has 4 nitrogen and oxygen atoms in total. The topological polar surface area (TPSA) is 71.4 Å². The van der Waals surface area contributed by atoms with Crippen LogP contribution < -0.4 is 0 Å². The molecule has 0 aromatic carbocycles. The molecule has 0 spiro atoms. The van der Waals surface area contributed by atoms with Gasteiger partial charge in [0.25, 0.3) is 0 Å². The van der Waals surface area contributed by atoms with E-state index in [1.54, 1.807) is 0 Å². The highest BCUT2D eigenvalue weighted by atomic mass is 16.4. The van der Waals surface area contributed by atoms with Crippen molar-refractivity contribution in [2.45, 2.75) is 19.3 Å². The van der Waals surface area contributed by atoms with Crippen LogP contribution in [0.1, 0.15) is 19.3 Å². The van der Waals surface area contributed by atoms with Gasteiger partial charge in [0.1, 0.15) is 0 Å². The molecule has 4 heteroatoms. The third-order valence-corrected chi connectivity index (χ3v) is 1.81. The summed E-state index contributed by atoms with van der Waals surface area (Å²) in [5.41, 5.74) is 0. The molecule has 60 valence electrons. The molecule has 1 aliphatic rings. The molecule has 1 fully saturated rings. The quantitative estimate of drug-likeness (QED) is 0.543. The maximum absolute atomic E-state index is 10.7. The lowest BCUT2D eigenvalue weighted by Crippen LogP contribution is -2.29. The molecule has 1 N–H and O–H groups in total. The van der Waals surface area contributed by atoms with E-state index in [0.29, 0.717) is 6.42 Å². The highest BCUT2D eigenvalue weighted by Crippen LogP contribution is 2.18. The van der Waals surface area contributed by atoms with Gasteiger partial charge < -0.3 is 5.11 Å². The average molecular weight is 156 g/mol. The molecule has 1 saturated carbocycles. The molecule has 0 aromatic rings. The first-order chi connectivity index (χ1) is 5.11. The van der Waals surface area contributed by atoms with Crippen LogP contribution in [0.4, 0.5) is 0 Å². The fourth-order valence-electron chi connectivity index (χ4n) is 1.10. The van der Waals surface area contributed by atoms with E-state index in [1.807, 2.05) is 0 Å². The zero-order valence-electron chi connectivity index (χ0n) is 5.87. The van der Waals surface area contributed by atoms with Gasteiger partial charge in [0, 0.05) is 12.8 Å². The van der Waals surface area contributed by atoms with Crippen LogP contribution in [0.15, 0.2) is 0 Å². The fourth-order valence-corrected chi connectivity index (χ4v) is 1.10. The second-order valence-electron chi connectivity index (χ2n) is 2.62. The van der Waals surface area contributed by atoms with Crippen LogP contribution in [0.25, 0.3) is 0 Å². The minimum atomic E-state index is -0.981. The Morgan fingerprint density at radius 3 is 2.45 bits per heavy atom. The molecular weight excluding hydrogens is 148 g/mol. The maximum Gasteiger partial charge on any atom is 0.306 e. The van der Waals surface area contributed by atoms with Gasteiger partial charge in [-0.2, -0.15) is 0 Å². The van der Waals surface area contributed by atoms with E-state index in [2.05, 4.69) is 0 Å². The van der Waals surface area contributed by atoms with Crippen molar-refractivity contribution in [3.8, 4) is 0 Å². The minimum absolute atomic E-state index is 0.0931. The number of hydrogen-bond acceptors (Lipinski definition) is 3. The predicted molar refractivity (Wildman–Crippen MR) is 35.0 cm³/mol. The van der Waals surface area contributed by atoms with Gasteiger partial charge in [0.15, 0.2) is 11.6 Å². The number of hydrogen-bond donors (Lipinski definition) is 1. The molecule has 0 aliphatic heterocycles. The number of carbonyl (C=O) groups is 3. The molecule has 0 bridgehead atoms. The molecular formula is C7H8O4. The van der Waals surface area contributed by atoms with E-state index in [1.165, 1.54) is 0 Å². The second-order valence-corrected chi connectivity index (χ2v) is 2.62. The Hall–Kier alpha value is -1.19. The zero-order valence-corrected chi connectivity index (χ0v) is 5.87. The minimum Gasteiger partial charge on any atom is -0.481 e. The molecule has 1 aliphatic carbocycles. The SMILES string of the molecule is O=C1CCC(C(=O)O)CC1=O. The van der Waals surface area contributed by atoms with Crippen molar-refractivity contribution in [2.24, 2.45) is 5.92 Å². The van der Waals surface area contributed by atoms with E-state index >= 15 is 0 Å². The molecule has 0 radical (unpaired) electrons. The van der Waals surface area contributed by atoms with Crippen LogP contribution in [0.2, 0.25) is 0 Å². The van der Waals surface area contributed by atoms with Gasteiger partial charge in [0.2, 0.25) is 0 Å². The second kappa shape index (κ2) is 2.82. The molecule has 0 heterocycles. The summed E-state index contributed by atoms with van der Waals surface area (Å²) in [6.07, 6.45) is 0.282. The first-order valence-corrected chi connectivity index (χ1v) is 3.40. The number of ketones is 2. The molecule has 1 atom stereocenters. The van der Waals surface area contributed by atoms with E-state index < -0.39 is 23.5 Å². The summed E-state index contributed by atoms with van der Waals surface area (Å²) in [6, 6.07) is 0. The lowest BCUT2D eigenvalue weighted by Gasteiger charge is -2.14. The molecule has 1 rings (SSSR count). The van der Waals surface area contributed by atoms with Crippen molar-refractivity contribution < 1.29 is 19.5 Å². The number of carboxylic acids is 1. The van der Waals surface area contributed by atoms with Gasteiger partial charge >= 0.3 is 5.97 Å². The van der Waals surface area contributed by atoms with Crippen LogP contribution >= 0.6 is 0 Å². The van der Waals surface area contributed by atoms with Crippen molar-refractivity contribution >= 4 is 17.5 Å². The number of carbonyl (C=O) groups excluding carboxylic acids is 2. The van der Waals surface area contributed by atoms with Crippen LogP contribution in [0, 0.1) is 5.92 Å². The molecule has 0 saturated heterocycles. The van der Waals surface area contributed by atoms with Gasteiger partial charge in [-0.3, -0.25) is 14.4 Å². The van der Waals surface area contributed by atoms with Crippen LogP contribution in [0.3, 0.4) is 0 Å². The Kier molecular flexibility index (Phi) is 2.03. The highest BCUT2D eigenvalue weighted by Gasteiger charge is 2.30. The standard InChI is InChI=1S/C7H8O4/c8-5-2-1-4(7(10)11)3-6(5)9/h4H,1-3H2,(H,10,11). The summed E-state index contributed by atoms with van der Waals surface area (Å²) < 4.78 is 0. The summed E-state index contributed by atoms with van der Waals surface area (Å²) in [7, 11) is 0. The third kappa shape index (κ3) is 1.63. The summed E-state index contributed by atoms with van der Waals surface area (Å²) in [6.45, 7) is 0. The number of rotatable bonds is 1. The van der Waals surface area contributed by atoms with E-state index in [4.69, 9.17) is 5.11 Å². The van der Waals surface area contributed by atoms with Crippen molar-refractivity contribution in [1.82, 2.24) is 0 Å². The van der Waals surface area contributed by atoms with Crippen molar-refractivity contribution in [3.63, 3.8) is 0 Å². The van der Waals surface area contributed by atoms with E-state index in [9.17, 15) is 14.4 Å². The lowest BCUT2D eigenvalue weighted by atomic mass is 9.88. The first kappa shape index (κ1) is 7.91. The lowest BCUT2D eigenvalue weighted by molar-refractivity contribution is -0.148. The third-order valence-electron chi connectivity index (χ3n) is 1.81. The summed E-state index contributed by atoms with van der Waals surface area (Å²) in [4.78, 5) is 31.7. The van der Waals surface area contributed by atoms with E-state index in [0.717, 1.165) is 0 Å².